The number of carboxylic acids is 2. The summed E-state index contributed by atoms with van der Waals surface area (Å²) in [5.74, 6) is -5.58. The molecule has 0 aliphatic rings. The summed E-state index contributed by atoms with van der Waals surface area (Å²) >= 11 is 0. The lowest BCUT2D eigenvalue weighted by Gasteiger charge is -2.39. The summed E-state index contributed by atoms with van der Waals surface area (Å²) in [4.78, 5) is 21.8. The Hall–Kier alpha value is -1.18. The zero-order chi connectivity index (χ0) is 13.6. The first-order valence-electron chi connectivity index (χ1n) is 4.93. The molecule has 0 bridgehead atoms. The number of carbonyl (C=O) groups is 2. The Morgan fingerprint density at radius 3 is 1.88 bits per heavy atom. The molecule has 0 heterocycles. The molecule has 0 saturated heterocycles. The van der Waals surface area contributed by atoms with Gasteiger partial charge in [0.15, 0.2) is 0 Å². The molecule has 7 heteroatoms. The molecular weight excluding hydrogens is 232 g/mol. The maximum Gasteiger partial charge on any atom is 0.312 e. The van der Waals surface area contributed by atoms with Crippen molar-refractivity contribution in [1.29, 1.82) is 0 Å². The number of methoxy groups -OCH3 is 3. The first-order valence-corrected chi connectivity index (χ1v) is 4.93. The minimum Gasteiger partial charge on any atom is -0.481 e. The predicted molar refractivity (Wildman–Crippen MR) is 56.6 cm³/mol. The van der Waals surface area contributed by atoms with E-state index in [4.69, 9.17) is 24.4 Å². The van der Waals surface area contributed by atoms with Crippen LogP contribution in [0, 0.1) is 5.92 Å². The summed E-state index contributed by atoms with van der Waals surface area (Å²) in [5.41, 5.74) is 0. The highest BCUT2D eigenvalue weighted by Gasteiger charge is 2.50. The van der Waals surface area contributed by atoms with E-state index < -0.39 is 36.2 Å². The van der Waals surface area contributed by atoms with Crippen LogP contribution in [-0.2, 0) is 23.8 Å². The van der Waals surface area contributed by atoms with Gasteiger partial charge in [0.25, 0.3) is 0 Å². The normalized spacial score (nSPS) is 15.3. The number of hydrogen-bond acceptors (Lipinski definition) is 5. The van der Waals surface area contributed by atoms with Crippen LogP contribution < -0.4 is 0 Å². The summed E-state index contributed by atoms with van der Waals surface area (Å²) in [6.45, 7) is 1.55. The Labute approximate surface area is 99.3 Å². The van der Waals surface area contributed by atoms with Gasteiger partial charge in [-0.2, -0.15) is 0 Å². The second-order valence-corrected chi connectivity index (χ2v) is 3.50. The number of hydrogen-bond donors (Lipinski definition) is 2. The molecule has 0 amide bonds. The molecule has 0 spiro atoms. The van der Waals surface area contributed by atoms with E-state index in [2.05, 4.69) is 0 Å². The zero-order valence-electron chi connectivity index (χ0n) is 10.3. The fourth-order valence-electron chi connectivity index (χ4n) is 1.72. The van der Waals surface area contributed by atoms with E-state index >= 15 is 0 Å². The quantitative estimate of drug-likeness (QED) is 0.592. The van der Waals surface area contributed by atoms with E-state index in [0.29, 0.717) is 0 Å². The van der Waals surface area contributed by atoms with Crippen LogP contribution in [0.5, 0.6) is 0 Å². The van der Waals surface area contributed by atoms with Gasteiger partial charge in [0, 0.05) is 21.3 Å². The van der Waals surface area contributed by atoms with Crippen LogP contribution in [0.25, 0.3) is 0 Å². The van der Waals surface area contributed by atoms with Crippen LogP contribution in [0.1, 0.15) is 13.3 Å². The second kappa shape index (κ2) is 6.53. The first-order chi connectivity index (χ1) is 7.85. The van der Waals surface area contributed by atoms with E-state index in [-0.39, 0.29) is 0 Å². The highest BCUT2D eigenvalue weighted by Crippen LogP contribution is 2.31. The lowest BCUT2D eigenvalue weighted by atomic mass is 9.90. The SMILES string of the molecule is COC(C)C(OC)(OC)C(CC(=O)O)C(=O)O. The summed E-state index contributed by atoms with van der Waals surface area (Å²) in [6, 6.07) is 0. The van der Waals surface area contributed by atoms with Gasteiger partial charge in [-0.1, -0.05) is 0 Å². The van der Waals surface area contributed by atoms with Crippen molar-refractivity contribution in [2.45, 2.75) is 25.2 Å². The summed E-state index contributed by atoms with van der Waals surface area (Å²) in [6.07, 6.45) is -1.36. The van der Waals surface area contributed by atoms with E-state index in [1.165, 1.54) is 21.3 Å². The molecule has 0 saturated carbocycles. The van der Waals surface area contributed by atoms with Crippen LogP contribution in [0.3, 0.4) is 0 Å². The molecule has 0 aromatic carbocycles. The Kier molecular flexibility index (Phi) is 6.08. The third kappa shape index (κ3) is 3.39. The highest BCUT2D eigenvalue weighted by atomic mass is 16.7. The molecule has 2 unspecified atom stereocenters. The first kappa shape index (κ1) is 15.8. The van der Waals surface area contributed by atoms with Crippen LogP contribution in [0.2, 0.25) is 0 Å². The fourth-order valence-corrected chi connectivity index (χ4v) is 1.72. The topological polar surface area (TPSA) is 102 Å². The van der Waals surface area contributed by atoms with Crippen LogP contribution in [-0.4, -0.2) is 55.4 Å². The van der Waals surface area contributed by atoms with Crippen LogP contribution >= 0.6 is 0 Å². The van der Waals surface area contributed by atoms with Crippen molar-refractivity contribution in [3.05, 3.63) is 0 Å². The summed E-state index contributed by atoms with van der Waals surface area (Å²) in [7, 11) is 3.85. The average molecular weight is 250 g/mol. The van der Waals surface area contributed by atoms with E-state index in [0.717, 1.165) is 0 Å². The van der Waals surface area contributed by atoms with Gasteiger partial charge in [0.1, 0.15) is 12.0 Å². The van der Waals surface area contributed by atoms with Crippen molar-refractivity contribution in [3.63, 3.8) is 0 Å². The van der Waals surface area contributed by atoms with Crippen molar-refractivity contribution < 1.29 is 34.0 Å². The highest BCUT2D eigenvalue weighted by molar-refractivity contribution is 5.78. The Bertz CT molecular complexity index is 272. The van der Waals surface area contributed by atoms with Crippen molar-refractivity contribution >= 4 is 11.9 Å². The molecule has 7 nitrogen and oxygen atoms in total. The molecule has 0 aromatic rings. The van der Waals surface area contributed by atoms with Crippen LogP contribution in [0.4, 0.5) is 0 Å². The minimum absolute atomic E-state index is 0.620. The number of rotatable bonds is 8. The standard InChI is InChI=1S/C10H18O7/c1-6(15-2)10(16-3,17-4)7(9(13)14)5-8(11)12/h6-7H,5H2,1-4H3,(H,11,12)(H,13,14). The number of ether oxygens (including phenoxy) is 3. The van der Waals surface area contributed by atoms with Gasteiger partial charge in [-0.25, -0.2) is 0 Å². The molecule has 0 aliphatic heterocycles. The van der Waals surface area contributed by atoms with E-state index in [9.17, 15) is 9.59 Å². The molecule has 0 aliphatic carbocycles. The Balaban J connectivity index is 5.34. The maximum atomic E-state index is 11.1. The third-order valence-corrected chi connectivity index (χ3v) is 2.72. The van der Waals surface area contributed by atoms with Gasteiger partial charge in [-0.05, 0) is 6.92 Å². The number of aliphatic carboxylic acids is 2. The molecule has 0 rings (SSSR count). The lowest BCUT2D eigenvalue weighted by molar-refractivity contribution is -0.287. The fraction of sp³-hybridized carbons (Fsp3) is 0.800. The van der Waals surface area contributed by atoms with Crippen molar-refractivity contribution in [1.82, 2.24) is 0 Å². The third-order valence-electron chi connectivity index (χ3n) is 2.72. The van der Waals surface area contributed by atoms with Gasteiger partial charge in [-0.15, -0.1) is 0 Å². The Morgan fingerprint density at radius 1 is 1.18 bits per heavy atom. The molecule has 17 heavy (non-hydrogen) atoms. The molecule has 2 atom stereocenters. The predicted octanol–water partition coefficient (Wildman–Crippen LogP) is 0.186. The smallest absolute Gasteiger partial charge is 0.312 e. The van der Waals surface area contributed by atoms with E-state index in [1.807, 2.05) is 0 Å². The van der Waals surface area contributed by atoms with Crippen LogP contribution in [0.15, 0.2) is 0 Å². The zero-order valence-corrected chi connectivity index (χ0v) is 10.3. The molecule has 0 aromatic heterocycles. The molecule has 0 fully saturated rings. The summed E-state index contributed by atoms with van der Waals surface area (Å²) in [5, 5.41) is 17.8. The van der Waals surface area contributed by atoms with Crippen molar-refractivity contribution in [3.8, 4) is 0 Å². The minimum atomic E-state index is -1.64. The second-order valence-electron chi connectivity index (χ2n) is 3.50. The van der Waals surface area contributed by atoms with E-state index in [1.54, 1.807) is 6.92 Å². The van der Waals surface area contributed by atoms with Gasteiger partial charge in [0.05, 0.1) is 6.42 Å². The molecule has 0 radical (unpaired) electrons. The van der Waals surface area contributed by atoms with Gasteiger partial charge in [0.2, 0.25) is 5.79 Å². The summed E-state index contributed by atoms with van der Waals surface area (Å²) < 4.78 is 15.1. The largest absolute Gasteiger partial charge is 0.481 e. The van der Waals surface area contributed by atoms with Gasteiger partial charge < -0.3 is 24.4 Å². The van der Waals surface area contributed by atoms with Crippen molar-refractivity contribution in [2.75, 3.05) is 21.3 Å². The monoisotopic (exact) mass is 250 g/mol. The molecular formula is C10H18O7. The number of carboxylic acid groups (broad SMARTS) is 2. The lowest BCUT2D eigenvalue weighted by Crippen LogP contribution is -2.55. The van der Waals surface area contributed by atoms with Gasteiger partial charge in [-0.3, -0.25) is 9.59 Å². The van der Waals surface area contributed by atoms with Gasteiger partial charge >= 0.3 is 11.9 Å². The molecule has 100 valence electrons. The maximum absolute atomic E-state index is 11.1. The average Bonchev–Trinajstić information content (AvgIpc) is 2.28. The molecule has 2 N–H and O–H groups in total. The Morgan fingerprint density at radius 2 is 1.65 bits per heavy atom. The van der Waals surface area contributed by atoms with Crippen molar-refractivity contribution in [2.24, 2.45) is 5.92 Å².